The molecule has 0 spiro atoms. The maximum absolute atomic E-state index is 12.7. The molecule has 3 rings (SSSR count). The van der Waals surface area contributed by atoms with Crippen molar-refractivity contribution >= 4 is 23.2 Å². The van der Waals surface area contributed by atoms with Crippen molar-refractivity contribution in [3.8, 4) is 10.6 Å². The van der Waals surface area contributed by atoms with E-state index in [1.807, 2.05) is 21.0 Å². The van der Waals surface area contributed by atoms with E-state index in [9.17, 15) is 9.59 Å². The van der Waals surface area contributed by atoms with Gasteiger partial charge in [0.05, 0.1) is 11.7 Å². The number of aryl methyl sites for hydroxylation is 3. The van der Waals surface area contributed by atoms with Gasteiger partial charge in [-0.1, -0.05) is 23.8 Å². The molecule has 162 valence electrons. The molecule has 30 heavy (non-hydrogen) atoms. The summed E-state index contributed by atoms with van der Waals surface area (Å²) in [6, 6.07) is 6.27. The van der Waals surface area contributed by atoms with E-state index >= 15 is 0 Å². The first-order chi connectivity index (χ1) is 14.3. The topological polar surface area (TPSA) is 65.5 Å². The summed E-state index contributed by atoms with van der Waals surface area (Å²) in [5.74, 6) is 0.110. The number of nitrogens with zero attached hydrogens (tertiary/aromatic N) is 3. The number of hydrogen-bond donors (Lipinski definition) is 1. The van der Waals surface area contributed by atoms with Crippen molar-refractivity contribution < 1.29 is 9.59 Å². The molecule has 0 unspecified atom stereocenters. The number of thiazole rings is 1. The lowest BCUT2D eigenvalue weighted by Gasteiger charge is -2.26. The van der Waals surface area contributed by atoms with Gasteiger partial charge in [-0.25, -0.2) is 4.98 Å². The smallest absolute Gasteiger partial charge is 0.263 e. The number of carbonyl (C=O) groups is 2. The predicted molar refractivity (Wildman–Crippen MR) is 122 cm³/mol. The van der Waals surface area contributed by atoms with Crippen LogP contribution in [-0.2, 0) is 4.79 Å². The molecule has 0 aliphatic carbocycles. The zero-order valence-electron chi connectivity index (χ0n) is 18.6. The Kier molecular flexibility index (Phi) is 7.26. The van der Waals surface area contributed by atoms with Crippen LogP contribution < -0.4 is 5.32 Å². The van der Waals surface area contributed by atoms with Gasteiger partial charge < -0.3 is 10.2 Å². The number of carbonyl (C=O) groups excluding carboxylic acids is 2. The Bertz CT molecular complexity index is 922. The van der Waals surface area contributed by atoms with Crippen LogP contribution in [0.2, 0.25) is 0 Å². The summed E-state index contributed by atoms with van der Waals surface area (Å²) in [6.45, 7) is 8.40. The number of rotatable bonds is 7. The zero-order valence-corrected chi connectivity index (χ0v) is 19.4. The Morgan fingerprint density at radius 3 is 2.73 bits per heavy atom. The summed E-state index contributed by atoms with van der Waals surface area (Å²) in [7, 11) is 3.62. The third-order valence-corrected chi connectivity index (χ3v) is 6.80. The van der Waals surface area contributed by atoms with Crippen LogP contribution >= 0.6 is 11.3 Å². The average molecular weight is 429 g/mol. The van der Waals surface area contributed by atoms with E-state index in [-0.39, 0.29) is 17.9 Å². The highest BCUT2D eigenvalue weighted by Crippen LogP contribution is 2.30. The van der Waals surface area contributed by atoms with Gasteiger partial charge in [0, 0.05) is 32.7 Å². The lowest BCUT2D eigenvalue weighted by atomic mass is 10.1. The zero-order chi connectivity index (χ0) is 21.8. The number of amides is 2. The second-order valence-electron chi connectivity index (χ2n) is 8.29. The first-order valence-electron chi connectivity index (χ1n) is 10.6. The summed E-state index contributed by atoms with van der Waals surface area (Å²) in [6.07, 6.45) is 2.80. The molecule has 1 N–H and O–H groups in total. The molecule has 1 fully saturated rings. The van der Waals surface area contributed by atoms with Crippen molar-refractivity contribution in [3.05, 3.63) is 39.9 Å². The largest absolute Gasteiger partial charge is 0.351 e. The molecule has 1 aromatic carbocycles. The van der Waals surface area contributed by atoms with Crippen LogP contribution in [0, 0.1) is 20.8 Å². The van der Waals surface area contributed by atoms with Gasteiger partial charge in [0.15, 0.2) is 0 Å². The van der Waals surface area contributed by atoms with Crippen LogP contribution in [0.15, 0.2) is 18.2 Å². The van der Waals surface area contributed by atoms with Gasteiger partial charge in [0.1, 0.15) is 9.88 Å². The second kappa shape index (κ2) is 9.71. The van der Waals surface area contributed by atoms with E-state index in [1.165, 1.54) is 22.5 Å². The standard InChI is InChI=1S/C23H32N4O2S/c1-15-9-10-18(16(2)14-15)22-25-17(3)20(30-22)21(28)24-11-7-13-27-12-6-8-19(27)23(29)26(4)5/h9-10,14,19H,6-8,11-13H2,1-5H3,(H,24,28)/t19-/m0/s1. The van der Waals surface area contributed by atoms with Gasteiger partial charge in [-0.15, -0.1) is 11.3 Å². The minimum atomic E-state index is -0.0663. The normalized spacial score (nSPS) is 16.6. The molecule has 2 amide bonds. The third-order valence-electron chi connectivity index (χ3n) is 5.61. The molecule has 1 aliphatic rings. The highest BCUT2D eigenvalue weighted by Gasteiger charge is 2.31. The molecular weight excluding hydrogens is 396 g/mol. The van der Waals surface area contributed by atoms with Gasteiger partial charge in [0.2, 0.25) is 5.91 Å². The van der Waals surface area contributed by atoms with E-state index in [4.69, 9.17) is 0 Å². The second-order valence-corrected chi connectivity index (χ2v) is 9.29. The number of benzene rings is 1. The van der Waals surface area contributed by atoms with Crippen LogP contribution in [0.1, 0.15) is 45.8 Å². The molecule has 1 atom stereocenters. The fraction of sp³-hybridized carbons (Fsp3) is 0.522. The molecule has 1 saturated heterocycles. The Hall–Kier alpha value is -2.25. The summed E-state index contributed by atoms with van der Waals surface area (Å²) < 4.78 is 0. The Labute approximate surface area is 183 Å². The molecule has 2 aromatic rings. The molecule has 0 bridgehead atoms. The van der Waals surface area contributed by atoms with Crippen molar-refractivity contribution in [2.45, 2.75) is 46.1 Å². The lowest BCUT2D eigenvalue weighted by molar-refractivity contribution is -0.133. The SMILES string of the molecule is Cc1ccc(-c2nc(C)c(C(=O)NCCCN3CCC[C@H]3C(=O)N(C)C)s2)c(C)c1. The molecular formula is C23H32N4O2S. The average Bonchev–Trinajstić information content (AvgIpc) is 3.31. The highest BCUT2D eigenvalue weighted by molar-refractivity contribution is 7.17. The molecule has 7 heteroatoms. The van der Waals surface area contributed by atoms with Crippen molar-refractivity contribution in [1.82, 2.24) is 20.1 Å². The Morgan fingerprint density at radius 2 is 2.03 bits per heavy atom. The van der Waals surface area contributed by atoms with E-state index in [2.05, 4.69) is 47.2 Å². The van der Waals surface area contributed by atoms with Gasteiger partial charge >= 0.3 is 0 Å². The lowest BCUT2D eigenvalue weighted by Crippen LogP contribution is -2.43. The maximum atomic E-state index is 12.7. The summed E-state index contributed by atoms with van der Waals surface area (Å²) in [4.78, 5) is 34.2. The van der Waals surface area contributed by atoms with Crippen molar-refractivity contribution in [3.63, 3.8) is 0 Å². The molecule has 1 aliphatic heterocycles. The van der Waals surface area contributed by atoms with Gasteiger partial charge in [0.25, 0.3) is 5.91 Å². The van der Waals surface area contributed by atoms with E-state index in [0.717, 1.165) is 48.6 Å². The molecule has 0 saturated carbocycles. The van der Waals surface area contributed by atoms with E-state index < -0.39 is 0 Å². The summed E-state index contributed by atoms with van der Waals surface area (Å²) in [5, 5.41) is 3.91. The maximum Gasteiger partial charge on any atom is 0.263 e. The number of hydrogen-bond acceptors (Lipinski definition) is 5. The number of likely N-dealkylation sites (tertiary alicyclic amines) is 1. The van der Waals surface area contributed by atoms with Crippen LogP contribution in [0.4, 0.5) is 0 Å². The summed E-state index contributed by atoms with van der Waals surface area (Å²) >= 11 is 1.45. The Balaban J connectivity index is 1.54. The quantitative estimate of drug-likeness (QED) is 0.687. The Morgan fingerprint density at radius 1 is 1.27 bits per heavy atom. The minimum absolute atomic E-state index is 0.0141. The van der Waals surface area contributed by atoms with Crippen LogP contribution in [-0.4, -0.2) is 66.4 Å². The van der Waals surface area contributed by atoms with Crippen molar-refractivity contribution in [2.24, 2.45) is 0 Å². The van der Waals surface area contributed by atoms with Gasteiger partial charge in [-0.3, -0.25) is 14.5 Å². The fourth-order valence-electron chi connectivity index (χ4n) is 4.01. The molecule has 0 radical (unpaired) electrons. The first-order valence-corrected chi connectivity index (χ1v) is 11.4. The van der Waals surface area contributed by atoms with Gasteiger partial charge in [-0.05, 0) is 52.1 Å². The summed E-state index contributed by atoms with van der Waals surface area (Å²) in [5.41, 5.74) is 4.24. The van der Waals surface area contributed by atoms with Crippen molar-refractivity contribution in [2.75, 3.05) is 33.7 Å². The van der Waals surface area contributed by atoms with Crippen LogP contribution in [0.3, 0.4) is 0 Å². The number of likely N-dealkylation sites (N-methyl/N-ethyl adjacent to an activating group) is 1. The van der Waals surface area contributed by atoms with Crippen molar-refractivity contribution in [1.29, 1.82) is 0 Å². The predicted octanol–water partition coefficient (Wildman–Crippen LogP) is 3.41. The monoisotopic (exact) mass is 428 g/mol. The molecule has 2 heterocycles. The van der Waals surface area contributed by atoms with Crippen LogP contribution in [0.5, 0.6) is 0 Å². The molecule has 6 nitrogen and oxygen atoms in total. The number of nitrogens with one attached hydrogen (secondary N) is 1. The minimum Gasteiger partial charge on any atom is -0.351 e. The highest BCUT2D eigenvalue weighted by atomic mass is 32.1. The fourth-order valence-corrected chi connectivity index (χ4v) is 5.08. The first kappa shape index (κ1) is 22.4. The third kappa shape index (κ3) is 5.08. The van der Waals surface area contributed by atoms with E-state index in [1.54, 1.807) is 4.90 Å². The van der Waals surface area contributed by atoms with Crippen LogP contribution in [0.25, 0.3) is 10.6 Å². The van der Waals surface area contributed by atoms with E-state index in [0.29, 0.717) is 11.4 Å². The molecule has 1 aromatic heterocycles. The van der Waals surface area contributed by atoms with Gasteiger partial charge in [-0.2, -0.15) is 0 Å². The number of aromatic nitrogens is 1.